The lowest BCUT2D eigenvalue weighted by Crippen LogP contribution is -2.65. The summed E-state index contributed by atoms with van der Waals surface area (Å²) in [5, 5.41) is 3.32. The van der Waals surface area contributed by atoms with Crippen LogP contribution in [0.25, 0.3) is 0 Å². The summed E-state index contributed by atoms with van der Waals surface area (Å²) in [6.45, 7) is 5.96. The van der Waals surface area contributed by atoms with E-state index in [0.717, 1.165) is 16.7 Å². The Hall–Kier alpha value is -0.0400. The van der Waals surface area contributed by atoms with Crippen LogP contribution in [0, 0.1) is 16.7 Å². The fraction of sp³-hybridized carbons (Fsp3) is 1.00. The highest BCUT2D eigenvalue weighted by Crippen LogP contribution is 2.75. The minimum absolute atomic E-state index is 0.754. The van der Waals surface area contributed by atoms with Gasteiger partial charge in [0.15, 0.2) is 0 Å². The van der Waals surface area contributed by atoms with E-state index in [1.165, 1.54) is 32.2 Å². The SMILES string of the molecule is CNCC12CC(CC(C)C)(C1)C2. The van der Waals surface area contributed by atoms with Crippen molar-refractivity contribution in [3.63, 3.8) is 0 Å². The zero-order valence-electron chi connectivity index (χ0n) is 8.61. The van der Waals surface area contributed by atoms with E-state index < -0.39 is 0 Å². The molecule has 0 aromatic carbocycles. The van der Waals surface area contributed by atoms with Crippen LogP contribution in [-0.2, 0) is 0 Å². The van der Waals surface area contributed by atoms with E-state index in [1.807, 2.05) is 0 Å². The van der Waals surface area contributed by atoms with Gasteiger partial charge in [-0.15, -0.1) is 0 Å². The molecule has 3 aliphatic carbocycles. The van der Waals surface area contributed by atoms with E-state index in [9.17, 15) is 0 Å². The maximum absolute atomic E-state index is 3.32. The van der Waals surface area contributed by atoms with Crippen LogP contribution in [0.1, 0.15) is 39.5 Å². The summed E-state index contributed by atoms with van der Waals surface area (Å²) >= 11 is 0. The van der Waals surface area contributed by atoms with Gasteiger partial charge in [0.05, 0.1) is 0 Å². The number of hydrogen-bond acceptors (Lipinski definition) is 1. The second-order valence-electron chi connectivity index (χ2n) is 5.66. The van der Waals surface area contributed by atoms with Gasteiger partial charge in [0.25, 0.3) is 0 Å². The first-order valence-corrected chi connectivity index (χ1v) is 5.24. The first kappa shape index (κ1) is 8.55. The zero-order chi connectivity index (χ0) is 8.82. The van der Waals surface area contributed by atoms with Gasteiger partial charge in [-0.2, -0.15) is 0 Å². The molecule has 3 aliphatic rings. The van der Waals surface area contributed by atoms with Gasteiger partial charge in [0, 0.05) is 6.54 Å². The Kier molecular flexibility index (Phi) is 1.76. The Morgan fingerprint density at radius 1 is 1.17 bits per heavy atom. The Morgan fingerprint density at radius 3 is 2.17 bits per heavy atom. The minimum Gasteiger partial charge on any atom is -0.319 e. The average Bonchev–Trinajstić information content (AvgIpc) is 1.79. The van der Waals surface area contributed by atoms with Crippen molar-refractivity contribution in [2.75, 3.05) is 13.6 Å². The van der Waals surface area contributed by atoms with E-state index in [2.05, 4.69) is 26.2 Å². The maximum Gasteiger partial charge on any atom is 0.000542 e. The van der Waals surface area contributed by atoms with E-state index in [4.69, 9.17) is 0 Å². The fourth-order valence-electron chi connectivity index (χ4n) is 3.88. The summed E-state index contributed by atoms with van der Waals surface area (Å²) in [6, 6.07) is 0. The fourth-order valence-corrected chi connectivity index (χ4v) is 3.88. The van der Waals surface area contributed by atoms with Crippen LogP contribution >= 0.6 is 0 Å². The van der Waals surface area contributed by atoms with Crippen molar-refractivity contribution < 1.29 is 0 Å². The smallest absolute Gasteiger partial charge is 0.000542 e. The molecule has 0 saturated heterocycles. The van der Waals surface area contributed by atoms with Crippen molar-refractivity contribution in [1.82, 2.24) is 5.32 Å². The quantitative estimate of drug-likeness (QED) is 0.678. The molecule has 0 aromatic rings. The van der Waals surface area contributed by atoms with Gasteiger partial charge in [-0.05, 0) is 49.5 Å². The molecule has 1 nitrogen and oxygen atoms in total. The second kappa shape index (κ2) is 2.47. The molecular formula is C11H21N. The Balaban J connectivity index is 1.79. The van der Waals surface area contributed by atoms with E-state index in [1.54, 1.807) is 0 Å². The van der Waals surface area contributed by atoms with Crippen molar-refractivity contribution in [2.24, 2.45) is 16.7 Å². The molecule has 1 heteroatoms. The molecule has 3 saturated carbocycles. The molecule has 2 bridgehead atoms. The van der Waals surface area contributed by atoms with Crippen LogP contribution < -0.4 is 5.32 Å². The van der Waals surface area contributed by atoms with Crippen LogP contribution in [0.15, 0.2) is 0 Å². The van der Waals surface area contributed by atoms with Crippen molar-refractivity contribution in [3.8, 4) is 0 Å². The highest BCUT2D eigenvalue weighted by molar-refractivity contribution is 5.17. The third-order valence-corrected chi connectivity index (χ3v) is 3.64. The van der Waals surface area contributed by atoms with E-state index in [-0.39, 0.29) is 0 Å². The van der Waals surface area contributed by atoms with Gasteiger partial charge in [-0.1, -0.05) is 13.8 Å². The number of hydrogen-bond donors (Lipinski definition) is 1. The summed E-state index contributed by atoms with van der Waals surface area (Å²) in [7, 11) is 2.08. The molecule has 0 spiro atoms. The van der Waals surface area contributed by atoms with Crippen molar-refractivity contribution >= 4 is 0 Å². The lowest BCUT2D eigenvalue weighted by atomic mass is 9.34. The third-order valence-electron chi connectivity index (χ3n) is 3.64. The molecule has 0 atom stereocenters. The predicted molar refractivity (Wildman–Crippen MR) is 52.1 cm³/mol. The molecule has 0 aromatic heterocycles. The summed E-state index contributed by atoms with van der Waals surface area (Å²) in [5.74, 6) is 0.901. The molecule has 0 aliphatic heterocycles. The van der Waals surface area contributed by atoms with Crippen molar-refractivity contribution in [1.29, 1.82) is 0 Å². The van der Waals surface area contributed by atoms with Crippen LogP contribution in [0.2, 0.25) is 0 Å². The van der Waals surface area contributed by atoms with Crippen LogP contribution in [0.3, 0.4) is 0 Å². The standard InChI is InChI=1S/C11H21N/c1-9(2)4-10-5-11(6-10,7-10)8-12-3/h9,12H,4-8H2,1-3H3. The molecule has 70 valence electrons. The summed E-state index contributed by atoms with van der Waals surface area (Å²) in [5.41, 5.74) is 1.56. The van der Waals surface area contributed by atoms with Crippen LogP contribution in [-0.4, -0.2) is 13.6 Å². The summed E-state index contributed by atoms with van der Waals surface area (Å²) in [6.07, 6.45) is 6.01. The Labute approximate surface area is 75.9 Å². The van der Waals surface area contributed by atoms with E-state index >= 15 is 0 Å². The van der Waals surface area contributed by atoms with Gasteiger partial charge >= 0.3 is 0 Å². The summed E-state index contributed by atoms with van der Waals surface area (Å²) in [4.78, 5) is 0. The lowest BCUT2D eigenvalue weighted by molar-refractivity contribution is -0.208. The molecule has 0 heterocycles. The largest absolute Gasteiger partial charge is 0.319 e. The number of rotatable bonds is 4. The topological polar surface area (TPSA) is 12.0 Å². The van der Waals surface area contributed by atoms with Gasteiger partial charge < -0.3 is 5.32 Å². The van der Waals surface area contributed by atoms with Gasteiger partial charge in [-0.25, -0.2) is 0 Å². The van der Waals surface area contributed by atoms with Crippen molar-refractivity contribution in [2.45, 2.75) is 39.5 Å². The van der Waals surface area contributed by atoms with Gasteiger partial charge in [-0.3, -0.25) is 0 Å². The molecule has 0 amide bonds. The molecule has 3 rings (SSSR count). The molecule has 0 radical (unpaired) electrons. The highest BCUT2D eigenvalue weighted by atomic mass is 14.9. The normalized spacial score (nSPS) is 44.0. The monoisotopic (exact) mass is 167 g/mol. The second-order valence-corrected chi connectivity index (χ2v) is 5.66. The zero-order valence-corrected chi connectivity index (χ0v) is 8.61. The molecule has 12 heavy (non-hydrogen) atoms. The highest BCUT2D eigenvalue weighted by Gasteiger charge is 2.66. The van der Waals surface area contributed by atoms with Gasteiger partial charge in [0.1, 0.15) is 0 Å². The first-order valence-electron chi connectivity index (χ1n) is 5.24. The average molecular weight is 167 g/mol. The summed E-state index contributed by atoms with van der Waals surface area (Å²) < 4.78 is 0. The third kappa shape index (κ3) is 1.10. The van der Waals surface area contributed by atoms with E-state index in [0.29, 0.717) is 0 Å². The van der Waals surface area contributed by atoms with Gasteiger partial charge in [0.2, 0.25) is 0 Å². The minimum atomic E-state index is 0.754. The van der Waals surface area contributed by atoms with Crippen molar-refractivity contribution in [3.05, 3.63) is 0 Å². The molecule has 3 fully saturated rings. The van der Waals surface area contributed by atoms with Crippen LogP contribution in [0.5, 0.6) is 0 Å². The Morgan fingerprint density at radius 2 is 1.75 bits per heavy atom. The predicted octanol–water partition coefficient (Wildman–Crippen LogP) is 2.42. The maximum atomic E-state index is 3.32. The Bertz CT molecular complexity index is 164. The molecule has 1 N–H and O–H groups in total. The lowest BCUT2D eigenvalue weighted by Gasteiger charge is -2.72. The first-order chi connectivity index (χ1) is 5.60. The molecular weight excluding hydrogens is 146 g/mol. The molecule has 0 unspecified atom stereocenters. The van der Waals surface area contributed by atoms with Crippen LogP contribution in [0.4, 0.5) is 0 Å². The number of nitrogens with one attached hydrogen (secondary N) is 1.